The molecule has 0 fully saturated rings. The van der Waals surface area contributed by atoms with E-state index in [0.29, 0.717) is 5.56 Å². The van der Waals surface area contributed by atoms with Crippen molar-refractivity contribution in [2.24, 2.45) is 5.92 Å². The molecule has 0 aliphatic rings. The molecule has 0 radical (unpaired) electrons. The lowest BCUT2D eigenvalue weighted by Crippen LogP contribution is -2.35. The number of carbonyl (C=O) groups is 1. The SMILES string of the molecule is CCC(C)C(O)CNC(=O)c1ccncc1. The topological polar surface area (TPSA) is 62.2 Å². The maximum atomic E-state index is 11.6. The van der Waals surface area contributed by atoms with Crippen molar-refractivity contribution in [3.05, 3.63) is 30.1 Å². The summed E-state index contributed by atoms with van der Waals surface area (Å²) in [6.07, 6.45) is 3.54. The predicted molar refractivity (Wildman–Crippen MR) is 62.0 cm³/mol. The summed E-state index contributed by atoms with van der Waals surface area (Å²) in [5, 5.41) is 12.4. The third-order valence-corrected chi connectivity index (χ3v) is 2.72. The third-order valence-electron chi connectivity index (χ3n) is 2.72. The van der Waals surface area contributed by atoms with E-state index >= 15 is 0 Å². The van der Waals surface area contributed by atoms with Crippen LogP contribution >= 0.6 is 0 Å². The molecule has 1 heterocycles. The van der Waals surface area contributed by atoms with E-state index in [0.717, 1.165) is 6.42 Å². The number of hydrogen-bond acceptors (Lipinski definition) is 3. The quantitative estimate of drug-likeness (QED) is 0.787. The summed E-state index contributed by atoms with van der Waals surface area (Å²) < 4.78 is 0. The van der Waals surface area contributed by atoms with Gasteiger partial charge in [-0.1, -0.05) is 20.3 Å². The highest BCUT2D eigenvalue weighted by molar-refractivity contribution is 5.93. The molecule has 1 aromatic heterocycles. The molecule has 2 atom stereocenters. The smallest absolute Gasteiger partial charge is 0.251 e. The van der Waals surface area contributed by atoms with Crippen LogP contribution in [-0.4, -0.2) is 28.6 Å². The van der Waals surface area contributed by atoms with Crippen LogP contribution in [0, 0.1) is 5.92 Å². The number of aromatic nitrogens is 1. The van der Waals surface area contributed by atoms with Gasteiger partial charge in [0.2, 0.25) is 0 Å². The van der Waals surface area contributed by atoms with Crippen molar-refractivity contribution in [3.63, 3.8) is 0 Å². The highest BCUT2D eigenvalue weighted by Gasteiger charge is 2.13. The second kappa shape index (κ2) is 6.23. The second-order valence-corrected chi connectivity index (χ2v) is 3.90. The number of aliphatic hydroxyl groups is 1. The van der Waals surface area contributed by atoms with Gasteiger partial charge in [0.25, 0.3) is 5.91 Å². The lowest BCUT2D eigenvalue weighted by Gasteiger charge is -2.17. The fourth-order valence-corrected chi connectivity index (χ4v) is 1.28. The molecule has 0 aromatic carbocycles. The number of rotatable bonds is 5. The van der Waals surface area contributed by atoms with Crippen molar-refractivity contribution in [1.82, 2.24) is 10.3 Å². The van der Waals surface area contributed by atoms with Gasteiger partial charge in [-0.3, -0.25) is 9.78 Å². The molecule has 1 aromatic rings. The number of hydrogen-bond donors (Lipinski definition) is 2. The fraction of sp³-hybridized carbons (Fsp3) is 0.500. The van der Waals surface area contributed by atoms with Crippen LogP contribution in [0.2, 0.25) is 0 Å². The molecule has 0 saturated heterocycles. The summed E-state index contributed by atoms with van der Waals surface area (Å²) in [5.74, 6) is 0.0162. The Morgan fingerprint density at radius 1 is 1.50 bits per heavy atom. The Bertz CT molecular complexity index is 327. The van der Waals surface area contributed by atoms with Crippen LogP contribution in [0.25, 0.3) is 0 Å². The van der Waals surface area contributed by atoms with E-state index in [1.807, 2.05) is 13.8 Å². The molecule has 0 aliphatic heterocycles. The number of carbonyl (C=O) groups excluding carboxylic acids is 1. The molecule has 0 bridgehead atoms. The van der Waals surface area contributed by atoms with Gasteiger partial charge >= 0.3 is 0 Å². The monoisotopic (exact) mass is 222 g/mol. The lowest BCUT2D eigenvalue weighted by molar-refractivity contribution is 0.0850. The molecule has 16 heavy (non-hydrogen) atoms. The van der Waals surface area contributed by atoms with E-state index in [9.17, 15) is 9.90 Å². The number of nitrogens with one attached hydrogen (secondary N) is 1. The summed E-state index contributed by atoms with van der Waals surface area (Å²) in [4.78, 5) is 15.4. The van der Waals surface area contributed by atoms with Crippen LogP contribution < -0.4 is 5.32 Å². The van der Waals surface area contributed by atoms with Crippen molar-refractivity contribution >= 4 is 5.91 Å². The van der Waals surface area contributed by atoms with E-state index in [-0.39, 0.29) is 18.4 Å². The summed E-state index contributed by atoms with van der Waals surface area (Å²) in [5.41, 5.74) is 0.561. The average Bonchev–Trinajstić information content (AvgIpc) is 2.35. The minimum Gasteiger partial charge on any atom is -0.391 e. The van der Waals surface area contributed by atoms with Gasteiger partial charge in [-0.05, 0) is 18.1 Å². The Balaban J connectivity index is 2.42. The van der Waals surface area contributed by atoms with Gasteiger partial charge in [-0.15, -0.1) is 0 Å². The molecule has 1 rings (SSSR count). The van der Waals surface area contributed by atoms with E-state index in [1.165, 1.54) is 0 Å². The van der Waals surface area contributed by atoms with Crippen molar-refractivity contribution in [3.8, 4) is 0 Å². The van der Waals surface area contributed by atoms with E-state index in [1.54, 1.807) is 24.5 Å². The third kappa shape index (κ3) is 3.62. The van der Waals surface area contributed by atoms with Gasteiger partial charge in [0.15, 0.2) is 0 Å². The molecular weight excluding hydrogens is 204 g/mol. The van der Waals surface area contributed by atoms with Crippen LogP contribution in [0.5, 0.6) is 0 Å². The molecule has 88 valence electrons. The maximum absolute atomic E-state index is 11.6. The molecule has 4 nitrogen and oxygen atoms in total. The Morgan fingerprint density at radius 3 is 2.69 bits per heavy atom. The minimum atomic E-state index is -0.490. The summed E-state index contributed by atoms with van der Waals surface area (Å²) in [6, 6.07) is 3.29. The van der Waals surface area contributed by atoms with E-state index in [2.05, 4.69) is 10.3 Å². The molecule has 0 saturated carbocycles. The highest BCUT2D eigenvalue weighted by atomic mass is 16.3. The number of aliphatic hydroxyl groups excluding tert-OH is 1. The Kier molecular flexibility index (Phi) is 4.92. The molecule has 0 aliphatic carbocycles. The van der Waals surface area contributed by atoms with Crippen LogP contribution in [-0.2, 0) is 0 Å². The summed E-state index contributed by atoms with van der Waals surface area (Å²) >= 11 is 0. The molecule has 1 amide bonds. The first-order chi connectivity index (χ1) is 7.65. The van der Waals surface area contributed by atoms with Gasteiger partial charge in [0.05, 0.1) is 6.10 Å². The number of nitrogens with zero attached hydrogens (tertiary/aromatic N) is 1. The molecule has 0 spiro atoms. The zero-order chi connectivity index (χ0) is 12.0. The zero-order valence-electron chi connectivity index (χ0n) is 9.68. The van der Waals surface area contributed by atoms with E-state index < -0.39 is 6.10 Å². The standard InChI is InChI=1S/C12H18N2O2/c1-3-9(2)11(15)8-14-12(16)10-4-6-13-7-5-10/h4-7,9,11,15H,3,8H2,1-2H3,(H,14,16). The van der Waals surface area contributed by atoms with Crippen molar-refractivity contribution < 1.29 is 9.90 Å². The van der Waals surface area contributed by atoms with Crippen LogP contribution in [0.4, 0.5) is 0 Å². The maximum Gasteiger partial charge on any atom is 0.251 e. The van der Waals surface area contributed by atoms with Gasteiger partial charge in [0, 0.05) is 24.5 Å². The number of pyridine rings is 1. The zero-order valence-corrected chi connectivity index (χ0v) is 9.68. The van der Waals surface area contributed by atoms with Gasteiger partial charge in [-0.2, -0.15) is 0 Å². The van der Waals surface area contributed by atoms with Crippen LogP contribution in [0.1, 0.15) is 30.6 Å². The predicted octanol–water partition coefficient (Wildman–Crippen LogP) is 1.22. The lowest BCUT2D eigenvalue weighted by atomic mass is 10.0. The Morgan fingerprint density at radius 2 is 2.12 bits per heavy atom. The van der Waals surface area contributed by atoms with Gasteiger partial charge in [0.1, 0.15) is 0 Å². The molecule has 2 N–H and O–H groups in total. The van der Waals surface area contributed by atoms with Crippen LogP contribution in [0.3, 0.4) is 0 Å². The Labute approximate surface area is 95.7 Å². The molecule has 4 heteroatoms. The van der Waals surface area contributed by atoms with Crippen molar-refractivity contribution in [1.29, 1.82) is 0 Å². The largest absolute Gasteiger partial charge is 0.391 e. The molecule has 2 unspecified atom stereocenters. The van der Waals surface area contributed by atoms with E-state index in [4.69, 9.17) is 0 Å². The second-order valence-electron chi connectivity index (χ2n) is 3.90. The first kappa shape index (κ1) is 12.6. The number of amides is 1. The first-order valence-electron chi connectivity index (χ1n) is 5.51. The van der Waals surface area contributed by atoms with Gasteiger partial charge < -0.3 is 10.4 Å². The minimum absolute atomic E-state index is 0.176. The average molecular weight is 222 g/mol. The van der Waals surface area contributed by atoms with Crippen molar-refractivity contribution in [2.45, 2.75) is 26.4 Å². The summed E-state index contributed by atoms with van der Waals surface area (Å²) in [7, 11) is 0. The van der Waals surface area contributed by atoms with Crippen molar-refractivity contribution in [2.75, 3.05) is 6.54 Å². The Hall–Kier alpha value is -1.42. The normalized spacial score (nSPS) is 14.2. The highest BCUT2D eigenvalue weighted by Crippen LogP contribution is 2.06. The van der Waals surface area contributed by atoms with Crippen LogP contribution in [0.15, 0.2) is 24.5 Å². The fourth-order valence-electron chi connectivity index (χ4n) is 1.28. The van der Waals surface area contributed by atoms with Gasteiger partial charge in [-0.25, -0.2) is 0 Å². The summed E-state index contributed by atoms with van der Waals surface area (Å²) in [6.45, 7) is 4.26. The first-order valence-corrected chi connectivity index (χ1v) is 5.51. The molecular formula is C12H18N2O2.